The number of aliphatic hydroxyl groups is 1. The highest BCUT2D eigenvalue weighted by molar-refractivity contribution is 5.78. The second-order valence-corrected chi connectivity index (χ2v) is 3.16. The van der Waals surface area contributed by atoms with Gasteiger partial charge < -0.3 is 15.2 Å². The van der Waals surface area contributed by atoms with Crippen LogP contribution in [0.1, 0.15) is 5.69 Å². The molecule has 1 aromatic rings. The summed E-state index contributed by atoms with van der Waals surface area (Å²) in [4.78, 5) is 11.4. The predicted molar refractivity (Wildman–Crippen MR) is 53.2 cm³/mol. The number of ether oxygens (including phenoxy) is 1. The van der Waals surface area contributed by atoms with Gasteiger partial charge in [-0.15, -0.1) is 0 Å². The van der Waals surface area contributed by atoms with Crippen molar-refractivity contribution in [2.75, 3.05) is 20.3 Å². The molecule has 0 spiro atoms. The number of rotatable bonds is 6. The van der Waals surface area contributed by atoms with Gasteiger partial charge in [-0.1, -0.05) is 0 Å². The van der Waals surface area contributed by atoms with Crippen LogP contribution in [0.15, 0.2) is 12.3 Å². The smallest absolute Gasteiger partial charge is 0.226 e. The number of nitrogens with zero attached hydrogens (tertiary/aromatic N) is 1. The zero-order valence-electron chi connectivity index (χ0n) is 8.56. The number of H-pyrrole nitrogens is 1. The molecule has 0 aliphatic carbocycles. The van der Waals surface area contributed by atoms with Crippen LogP contribution in [-0.2, 0) is 16.0 Å². The lowest BCUT2D eigenvalue weighted by Gasteiger charge is -2.14. The minimum Gasteiger partial charge on any atom is -0.394 e. The monoisotopic (exact) mass is 213 g/mol. The summed E-state index contributed by atoms with van der Waals surface area (Å²) in [5, 5.41) is 18.0. The van der Waals surface area contributed by atoms with Crippen molar-refractivity contribution in [3.8, 4) is 0 Å². The highest BCUT2D eigenvalue weighted by Gasteiger charge is 2.11. The van der Waals surface area contributed by atoms with Crippen molar-refractivity contribution in [3.63, 3.8) is 0 Å². The molecule has 84 valence electrons. The molecule has 1 atom stereocenters. The normalized spacial score (nSPS) is 12.4. The van der Waals surface area contributed by atoms with E-state index in [0.29, 0.717) is 6.61 Å². The Hall–Kier alpha value is -1.40. The van der Waals surface area contributed by atoms with Gasteiger partial charge in [0.25, 0.3) is 0 Å². The van der Waals surface area contributed by atoms with Gasteiger partial charge in [0.2, 0.25) is 5.91 Å². The molecule has 1 unspecified atom stereocenters. The molecule has 1 rings (SSSR count). The summed E-state index contributed by atoms with van der Waals surface area (Å²) in [6.45, 7) is 0.160. The SMILES string of the molecule is COCC(CO)NC(=O)Cc1ccn[nH]1. The zero-order chi connectivity index (χ0) is 11.1. The predicted octanol–water partition coefficient (Wildman–Crippen LogP) is -0.924. The molecule has 0 saturated heterocycles. The largest absolute Gasteiger partial charge is 0.394 e. The van der Waals surface area contributed by atoms with Crippen LogP contribution < -0.4 is 5.32 Å². The molecule has 1 amide bonds. The van der Waals surface area contributed by atoms with Gasteiger partial charge in [-0.3, -0.25) is 9.89 Å². The van der Waals surface area contributed by atoms with Crippen LogP contribution in [0, 0.1) is 0 Å². The lowest BCUT2D eigenvalue weighted by atomic mass is 10.2. The molecule has 0 radical (unpaired) electrons. The van der Waals surface area contributed by atoms with Crippen LogP contribution in [0.3, 0.4) is 0 Å². The third-order valence-corrected chi connectivity index (χ3v) is 1.86. The standard InChI is InChI=1S/C9H15N3O3/c1-15-6-8(5-13)11-9(14)4-7-2-3-10-12-7/h2-3,8,13H,4-6H2,1H3,(H,10,12)(H,11,14). The van der Waals surface area contributed by atoms with E-state index < -0.39 is 0 Å². The fourth-order valence-corrected chi connectivity index (χ4v) is 1.18. The summed E-state index contributed by atoms with van der Waals surface area (Å²) in [5.74, 6) is -0.171. The molecular weight excluding hydrogens is 198 g/mol. The van der Waals surface area contributed by atoms with E-state index in [9.17, 15) is 4.79 Å². The third-order valence-electron chi connectivity index (χ3n) is 1.86. The van der Waals surface area contributed by atoms with E-state index in [1.165, 1.54) is 7.11 Å². The minimum absolute atomic E-state index is 0.136. The van der Waals surface area contributed by atoms with Crippen molar-refractivity contribution >= 4 is 5.91 Å². The number of amides is 1. The van der Waals surface area contributed by atoms with Gasteiger partial charge in [0.15, 0.2) is 0 Å². The van der Waals surface area contributed by atoms with Crippen LogP contribution in [0.25, 0.3) is 0 Å². The molecule has 0 fully saturated rings. The molecule has 15 heavy (non-hydrogen) atoms. The maximum atomic E-state index is 11.4. The average Bonchev–Trinajstić information content (AvgIpc) is 2.69. The number of hydrogen-bond acceptors (Lipinski definition) is 4. The molecule has 1 heterocycles. The van der Waals surface area contributed by atoms with Crippen molar-refractivity contribution in [1.82, 2.24) is 15.5 Å². The Balaban J connectivity index is 2.34. The average molecular weight is 213 g/mol. The number of methoxy groups -OCH3 is 1. The van der Waals surface area contributed by atoms with Crippen LogP contribution in [0.4, 0.5) is 0 Å². The molecule has 0 aliphatic heterocycles. The summed E-state index contributed by atoms with van der Waals surface area (Å²) >= 11 is 0. The number of aromatic amines is 1. The van der Waals surface area contributed by atoms with Crippen LogP contribution >= 0.6 is 0 Å². The number of aliphatic hydroxyl groups excluding tert-OH is 1. The lowest BCUT2D eigenvalue weighted by molar-refractivity contribution is -0.121. The van der Waals surface area contributed by atoms with E-state index in [-0.39, 0.29) is 25.0 Å². The topological polar surface area (TPSA) is 87.2 Å². The van der Waals surface area contributed by atoms with Gasteiger partial charge in [-0.25, -0.2) is 0 Å². The first-order valence-corrected chi connectivity index (χ1v) is 4.63. The number of nitrogens with one attached hydrogen (secondary N) is 2. The molecular formula is C9H15N3O3. The summed E-state index contributed by atoms with van der Waals surface area (Å²) in [6, 6.07) is 1.37. The summed E-state index contributed by atoms with van der Waals surface area (Å²) in [6.07, 6.45) is 1.81. The Morgan fingerprint density at radius 2 is 2.60 bits per heavy atom. The van der Waals surface area contributed by atoms with Crippen molar-refractivity contribution in [1.29, 1.82) is 0 Å². The quantitative estimate of drug-likeness (QED) is 0.570. The zero-order valence-corrected chi connectivity index (χ0v) is 8.56. The van der Waals surface area contributed by atoms with Gasteiger partial charge in [0.1, 0.15) is 0 Å². The first-order valence-electron chi connectivity index (χ1n) is 4.63. The van der Waals surface area contributed by atoms with Gasteiger partial charge in [-0.05, 0) is 6.07 Å². The highest BCUT2D eigenvalue weighted by Crippen LogP contribution is 1.94. The van der Waals surface area contributed by atoms with Crippen molar-refractivity contribution in [2.45, 2.75) is 12.5 Å². The maximum absolute atomic E-state index is 11.4. The second-order valence-electron chi connectivity index (χ2n) is 3.16. The molecule has 0 saturated carbocycles. The van der Waals surface area contributed by atoms with E-state index in [4.69, 9.17) is 9.84 Å². The van der Waals surface area contributed by atoms with Crippen molar-refractivity contribution in [2.24, 2.45) is 0 Å². The Kier molecular flexibility index (Phi) is 4.79. The maximum Gasteiger partial charge on any atom is 0.226 e. The Morgan fingerprint density at radius 3 is 3.13 bits per heavy atom. The third kappa shape index (κ3) is 4.09. The van der Waals surface area contributed by atoms with Gasteiger partial charge in [0.05, 0.1) is 25.7 Å². The summed E-state index contributed by atoms with van der Waals surface area (Å²) in [5.41, 5.74) is 0.738. The minimum atomic E-state index is -0.356. The van der Waals surface area contributed by atoms with E-state index in [2.05, 4.69) is 15.5 Å². The Labute approximate surface area is 87.6 Å². The number of hydrogen-bond donors (Lipinski definition) is 3. The van der Waals surface area contributed by atoms with Crippen molar-refractivity contribution < 1.29 is 14.6 Å². The molecule has 0 aromatic carbocycles. The number of carbonyl (C=O) groups is 1. The lowest BCUT2D eigenvalue weighted by Crippen LogP contribution is -2.41. The van der Waals surface area contributed by atoms with Crippen LogP contribution in [0.5, 0.6) is 0 Å². The molecule has 0 aliphatic rings. The molecule has 3 N–H and O–H groups in total. The highest BCUT2D eigenvalue weighted by atomic mass is 16.5. The summed E-state index contributed by atoms with van der Waals surface area (Å²) < 4.78 is 4.84. The fraction of sp³-hybridized carbons (Fsp3) is 0.556. The van der Waals surface area contributed by atoms with Crippen LogP contribution in [0.2, 0.25) is 0 Å². The second kappa shape index (κ2) is 6.15. The molecule has 6 nitrogen and oxygen atoms in total. The molecule has 6 heteroatoms. The van der Waals surface area contributed by atoms with E-state index in [0.717, 1.165) is 5.69 Å². The fourth-order valence-electron chi connectivity index (χ4n) is 1.18. The first kappa shape index (κ1) is 11.7. The van der Waals surface area contributed by atoms with Gasteiger partial charge >= 0.3 is 0 Å². The molecule has 0 bridgehead atoms. The molecule has 1 aromatic heterocycles. The first-order chi connectivity index (χ1) is 7.26. The van der Waals surface area contributed by atoms with E-state index in [1.54, 1.807) is 12.3 Å². The Bertz CT molecular complexity index is 287. The van der Waals surface area contributed by atoms with E-state index in [1.807, 2.05) is 0 Å². The van der Waals surface area contributed by atoms with Gasteiger partial charge in [0, 0.05) is 19.0 Å². The van der Waals surface area contributed by atoms with Crippen molar-refractivity contribution in [3.05, 3.63) is 18.0 Å². The van der Waals surface area contributed by atoms with E-state index >= 15 is 0 Å². The Morgan fingerprint density at radius 1 is 1.80 bits per heavy atom. The number of aromatic nitrogens is 2. The van der Waals surface area contributed by atoms with Gasteiger partial charge in [-0.2, -0.15) is 5.10 Å². The number of carbonyl (C=O) groups excluding carboxylic acids is 1. The van der Waals surface area contributed by atoms with Crippen LogP contribution in [-0.4, -0.2) is 47.6 Å². The summed E-state index contributed by atoms with van der Waals surface area (Å²) in [7, 11) is 1.52.